The molecule has 158 valence electrons. The first-order valence-electron chi connectivity index (χ1n) is 10.2. The van der Waals surface area contributed by atoms with Gasteiger partial charge in [0.1, 0.15) is 11.4 Å². The van der Waals surface area contributed by atoms with Gasteiger partial charge in [0.15, 0.2) is 0 Å². The van der Waals surface area contributed by atoms with Crippen molar-refractivity contribution in [1.82, 2.24) is 14.9 Å². The molecule has 30 heavy (non-hydrogen) atoms. The molecule has 0 spiro atoms. The van der Waals surface area contributed by atoms with Crippen molar-refractivity contribution >= 4 is 17.5 Å². The Morgan fingerprint density at radius 2 is 1.97 bits per heavy atom. The summed E-state index contributed by atoms with van der Waals surface area (Å²) < 4.78 is 7.29. The number of aromatic nitrogens is 2. The molecule has 0 fully saturated rings. The Hall–Kier alpha value is -2.79. The smallest absolute Gasteiger partial charge is 0.270 e. The lowest BCUT2D eigenvalue weighted by Gasteiger charge is -2.16. The number of nitrogens with zero attached hydrogens (tertiary/aromatic N) is 2. The maximum absolute atomic E-state index is 12.8. The highest BCUT2D eigenvalue weighted by Crippen LogP contribution is 2.33. The van der Waals surface area contributed by atoms with E-state index >= 15 is 0 Å². The quantitative estimate of drug-likeness (QED) is 0.499. The van der Waals surface area contributed by atoms with Gasteiger partial charge >= 0.3 is 0 Å². The van der Waals surface area contributed by atoms with Crippen LogP contribution in [0, 0.1) is 5.92 Å². The largest absolute Gasteiger partial charge is 0.496 e. The van der Waals surface area contributed by atoms with E-state index in [1.165, 1.54) is 0 Å². The van der Waals surface area contributed by atoms with Gasteiger partial charge in [-0.2, -0.15) is 0 Å². The van der Waals surface area contributed by atoms with E-state index in [-0.39, 0.29) is 11.9 Å². The molecular formula is C24H28ClN3O2. The van der Waals surface area contributed by atoms with Crippen molar-refractivity contribution in [3.05, 3.63) is 65.7 Å². The number of hydrogen-bond acceptors (Lipinski definition) is 3. The lowest BCUT2D eigenvalue weighted by molar-refractivity contribution is 0.0930. The molecule has 3 aromatic rings. The number of imidazole rings is 1. The Labute approximate surface area is 183 Å². The summed E-state index contributed by atoms with van der Waals surface area (Å²) in [7, 11) is 1.63. The van der Waals surface area contributed by atoms with Gasteiger partial charge in [-0.25, -0.2) is 4.98 Å². The van der Waals surface area contributed by atoms with Gasteiger partial charge in [0.25, 0.3) is 5.91 Å². The molecular weight excluding hydrogens is 398 g/mol. The molecule has 0 aliphatic rings. The number of amides is 1. The summed E-state index contributed by atoms with van der Waals surface area (Å²) >= 11 is 6.20. The van der Waals surface area contributed by atoms with E-state index < -0.39 is 0 Å². The predicted molar refractivity (Wildman–Crippen MR) is 122 cm³/mol. The maximum atomic E-state index is 12.8. The number of halogens is 1. The fourth-order valence-electron chi connectivity index (χ4n) is 3.35. The Morgan fingerprint density at radius 3 is 2.70 bits per heavy atom. The summed E-state index contributed by atoms with van der Waals surface area (Å²) in [5, 5.41) is 3.72. The monoisotopic (exact) mass is 425 g/mol. The van der Waals surface area contributed by atoms with Gasteiger partial charge < -0.3 is 10.1 Å². The number of methoxy groups -OCH3 is 1. The molecule has 1 heterocycles. The summed E-state index contributed by atoms with van der Waals surface area (Å²) in [6.45, 7) is 6.41. The van der Waals surface area contributed by atoms with Crippen LogP contribution in [0.15, 0.2) is 55.0 Å². The van der Waals surface area contributed by atoms with E-state index in [0.717, 1.165) is 35.4 Å². The van der Waals surface area contributed by atoms with Crippen molar-refractivity contribution in [2.24, 2.45) is 5.92 Å². The first-order chi connectivity index (χ1) is 14.4. The molecule has 0 saturated carbocycles. The molecule has 0 radical (unpaired) electrons. The second-order valence-corrected chi connectivity index (χ2v) is 8.33. The SMILES string of the molecule is COc1ccc(Cl)cc1-c1cccc(-n2cncc2C(=O)NC(C)CCC(C)C)c1. The molecule has 0 aliphatic heterocycles. The second kappa shape index (κ2) is 9.81. The topological polar surface area (TPSA) is 56.2 Å². The molecule has 1 atom stereocenters. The zero-order valence-corrected chi connectivity index (χ0v) is 18.6. The van der Waals surface area contributed by atoms with Gasteiger partial charge in [-0.3, -0.25) is 9.36 Å². The minimum Gasteiger partial charge on any atom is -0.496 e. The van der Waals surface area contributed by atoms with Crippen LogP contribution < -0.4 is 10.1 Å². The third kappa shape index (κ3) is 5.22. The van der Waals surface area contributed by atoms with Crippen LogP contribution in [-0.2, 0) is 0 Å². The van der Waals surface area contributed by atoms with Gasteiger partial charge in [-0.05, 0) is 61.6 Å². The highest BCUT2D eigenvalue weighted by atomic mass is 35.5. The normalized spacial score (nSPS) is 12.1. The molecule has 1 aromatic heterocycles. The first kappa shape index (κ1) is 21.9. The number of ether oxygens (including phenoxy) is 1. The van der Waals surface area contributed by atoms with Crippen LogP contribution in [0.2, 0.25) is 5.02 Å². The van der Waals surface area contributed by atoms with Crippen molar-refractivity contribution in [1.29, 1.82) is 0 Å². The molecule has 0 aliphatic carbocycles. The number of rotatable bonds is 8. The molecule has 0 bridgehead atoms. The molecule has 1 amide bonds. The fourth-order valence-corrected chi connectivity index (χ4v) is 3.52. The van der Waals surface area contributed by atoms with E-state index in [2.05, 4.69) is 24.1 Å². The zero-order valence-electron chi connectivity index (χ0n) is 17.9. The van der Waals surface area contributed by atoms with E-state index in [1.54, 1.807) is 30.3 Å². The summed E-state index contributed by atoms with van der Waals surface area (Å²) in [4.78, 5) is 17.1. The molecule has 0 saturated heterocycles. The third-order valence-corrected chi connectivity index (χ3v) is 5.26. The van der Waals surface area contributed by atoms with Crippen molar-refractivity contribution in [3.63, 3.8) is 0 Å². The summed E-state index contributed by atoms with van der Waals surface area (Å²) in [6.07, 6.45) is 5.27. The van der Waals surface area contributed by atoms with Crippen molar-refractivity contribution in [2.45, 2.75) is 39.7 Å². The van der Waals surface area contributed by atoms with Crippen LogP contribution in [0.25, 0.3) is 16.8 Å². The average Bonchev–Trinajstić information content (AvgIpc) is 3.22. The number of carbonyl (C=O) groups is 1. The lowest BCUT2D eigenvalue weighted by Crippen LogP contribution is -2.33. The van der Waals surface area contributed by atoms with Crippen molar-refractivity contribution in [2.75, 3.05) is 7.11 Å². The minimum atomic E-state index is -0.130. The van der Waals surface area contributed by atoms with E-state index in [0.29, 0.717) is 16.6 Å². The maximum Gasteiger partial charge on any atom is 0.270 e. The highest BCUT2D eigenvalue weighted by molar-refractivity contribution is 6.31. The Morgan fingerprint density at radius 1 is 1.17 bits per heavy atom. The van der Waals surface area contributed by atoms with Crippen LogP contribution in [-0.4, -0.2) is 28.6 Å². The van der Waals surface area contributed by atoms with E-state index in [1.807, 2.05) is 43.3 Å². The molecule has 6 heteroatoms. The predicted octanol–water partition coefficient (Wildman–Crippen LogP) is 5.76. The fraction of sp³-hybridized carbons (Fsp3) is 0.333. The summed E-state index contributed by atoms with van der Waals surface area (Å²) in [5.74, 6) is 1.22. The van der Waals surface area contributed by atoms with Crippen molar-refractivity contribution in [3.8, 4) is 22.6 Å². The Balaban J connectivity index is 1.87. The molecule has 2 aromatic carbocycles. The van der Waals surface area contributed by atoms with Crippen LogP contribution in [0.3, 0.4) is 0 Å². The average molecular weight is 426 g/mol. The molecule has 1 unspecified atom stereocenters. The molecule has 1 N–H and O–H groups in total. The van der Waals surface area contributed by atoms with E-state index in [4.69, 9.17) is 16.3 Å². The first-order valence-corrected chi connectivity index (χ1v) is 10.5. The number of nitrogens with one attached hydrogen (secondary N) is 1. The highest BCUT2D eigenvalue weighted by Gasteiger charge is 2.16. The number of carbonyl (C=O) groups excluding carboxylic acids is 1. The van der Waals surface area contributed by atoms with Gasteiger partial charge in [0, 0.05) is 22.3 Å². The van der Waals surface area contributed by atoms with E-state index in [9.17, 15) is 4.79 Å². The third-order valence-electron chi connectivity index (χ3n) is 5.02. The summed E-state index contributed by atoms with van der Waals surface area (Å²) in [6, 6.07) is 13.5. The minimum absolute atomic E-state index is 0.102. The van der Waals surface area contributed by atoms with Crippen LogP contribution in [0.4, 0.5) is 0 Å². The van der Waals surface area contributed by atoms with Gasteiger partial charge in [-0.15, -0.1) is 0 Å². The van der Waals surface area contributed by atoms with Gasteiger partial charge in [-0.1, -0.05) is 37.6 Å². The van der Waals surface area contributed by atoms with Crippen LogP contribution >= 0.6 is 11.6 Å². The van der Waals surface area contributed by atoms with Gasteiger partial charge in [0.2, 0.25) is 0 Å². The Kier molecular flexibility index (Phi) is 7.16. The molecule has 5 nitrogen and oxygen atoms in total. The zero-order chi connectivity index (χ0) is 21.7. The summed E-state index contributed by atoms with van der Waals surface area (Å²) in [5.41, 5.74) is 3.17. The van der Waals surface area contributed by atoms with Crippen molar-refractivity contribution < 1.29 is 9.53 Å². The molecule has 3 rings (SSSR count). The number of hydrogen-bond donors (Lipinski definition) is 1. The second-order valence-electron chi connectivity index (χ2n) is 7.89. The number of benzene rings is 2. The Bertz CT molecular complexity index is 1010. The standard InChI is InChI=1S/C24H28ClN3O2/c1-16(2)8-9-17(3)27-24(29)22-14-26-15-28(22)20-7-5-6-18(12-20)21-13-19(25)10-11-23(21)30-4/h5-7,10-17H,8-9H2,1-4H3,(H,27,29). The van der Waals surface area contributed by atoms with Gasteiger partial charge in [0.05, 0.1) is 19.6 Å². The van der Waals surface area contributed by atoms with Crippen LogP contribution in [0.5, 0.6) is 5.75 Å². The lowest BCUT2D eigenvalue weighted by atomic mass is 10.0. The van der Waals surface area contributed by atoms with Crippen LogP contribution in [0.1, 0.15) is 44.1 Å².